The zero-order chi connectivity index (χ0) is 14.7. The molecule has 4 heteroatoms. The van der Waals surface area contributed by atoms with Crippen LogP contribution in [0.5, 0.6) is 5.75 Å². The molecule has 0 aromatic heterocycles. The second kappa shape index (κ2) is 6.48. The molecule has 2 heterocycles. The van der Waals surface area contributed by atoms with Crippen LogP contribution in [0, 0.1) is 5.92 Å². The molecular weight excluding hydrogens is 264 g/mol. The molecule has 1 aromatic carbocycles. The number of carbonyl (C=O) groups excluding carboxylic acids is 1. The third-order valence-electron chi connectivity index (χ3n) is 4.79. The summed E-state index contributed by atoms with van der Waals surface area (Å²) >= 11 is 0. The highest BCUT2D eigenvalue weighted by molar-refractivity contribution is 5.76. The van der Waals surface area contributed by atoms with Gasteiger partial charge in [-0.1, -0.05) is 12.1 Å². The first-order valence-corrected chi connectivity index (χ1v) is 7.90. The van der Waals surface area contributed by atoms with Gasteiger partial charge in [-0.3, -0.25) is 4.79 Å². The first-order valence-electron chi connectivity index (χ1n) is 7.90. The summed E-state index contributed by atoms with van der Waals surface area (Å²) in [5, 5.41) is 3.54. The summed E-state index contributed by atoms with van der Waals surface area (Å²) in [7, 11) is 1.67. The lowest BCUT2D eigenvalue weighted by Gasteiger charge is -2.35. The van der Waals surface area contributed by atoms with E-state index in [4.69, 9.17) is 4.74 Å². The standard InChI is InChI=1S/C17H24N2O2/c1-21-15-5-2-13(3-6-15)4-7-17(20)19-11-9-16-14(12-19)8-10-18-16/h2-3,5-6,14,16,18H,4,7-12H2,1H3. The van der Waals surface area contributed by atoms with Gasteiger partial charge in [-0.05, 0) is 49.4 Å². The predicted octanol–water partition coefficient (Wildman–Crippen LogP) is 1.84. The number of benzene rings is 1. The fourth-order valence-corrected chi connectivity index (χ4v) is 3.48. The first-order chi connectivity index (χ1) is 10.3. The molecule has 21 heavy (non-hydrogen) atoms. The highest BCUT2D eigenvalue weighted by Crippen LogP contribution is 2.25. The number of nitrogens with one attached hydrogen (secondary N) is 1. The molecule has 2 aliphatic heterocycles. The number of methoxy groups -OCH3 is 1. The molecule has 1 amide bonds. The van der Waals surface area contributed by atoms with E-state index < -0.39 is 0 Å². The van der Waals surface area contributed by atoms with Gasteiger partial charge in [0.15, 0.2) is 0 Å². The Morgan fingerprint density at radius 2 is 2.14 bits per heavy atom. The number of hydrogen-bond donors (Lipinski definition) is 1. The number of carbonyl (C=O) groups is 1. The van der Waals surface area contributed by atoms with Crippen molar-refractivity contribution in [3.63, 3.8) is 0 Å². The molecule has 2 unspecified atom stereocenters. The lowest BCUT2D eigenvalue weighted by atomic mass is 9.93. The summed E-state index contributed by atoms with van der Waals surface area (Å²) in [6.45, 7) is 2.97. The highest BCUT2D eigenvalue weighted by Gasteiger charge is 2.33. The van der Waals surface area contributed by atoms with Crippen LogP contribution in [0.1, 0.15) is 24.8 Å². The van der Waals surface area contributed by atoms with Gasteiger partial charge in [-0.25, -0.2) is 0 Å². The molecule has 0 aliphatic carbocycles. The number of fused-ring (bicyclic) bond motifs is 1. The van der Waals surface area contributed by atoms with Gasteiger partial charge in [0.2, 0.25) is 5.91 Å². The molecule has 114 valence electrons. The summed E-state index contributed by atoms with van der Waals surface area (Å²) in [5.74, 6) is 1.83. The number of ether oxygens (including phenoxy) is 1. The fraction of sp³-hybridized carbons (Fsp3) is 0.588. The fourth-order valence-electron chi connectivity index (χ4n) is 3.48. The van der Waals surface area contributed by atoms with Gasteiger partial charge in [0.05, 0.1) is 7.11 Å². The van der Waals surface area contributed by atoms with Crippen molar-refractivity contribution >= 4 is 5.91 Å². The van der Waals surface area contributed by atoms with E-state index in [1.54, 1.807) is 7.11 Å². The lowest BCUT2D eigenvalue weighted by Crippen LogP contribution is -2.46. The van der Waals surface area contributed by atoms with Crippen LogP contribution in [0.2, 0.25) is 0 Å². The second-order valence-corrected chi connectivity index (χ2v) is 6.09. The Balaban J connectivity index is 1.49. The van der Waals surface area contributed by atoms with Crippen molar-refractivity contribution in [2.24, 2.45) is 5.92 Å². The minimum absolute atomic E-state index is 0.302. The largest absolute Gasteiger partial charge is 0.497 e. The smallest absolute Gasteiger partial charge is 0.222 e. The van der Waals surface area contributed by atoms with Crippen molar-refractivity contribution in [3.05, 3.63) is 29.8 Å². The Kier molecular flexibility index (Phi) is 4.44. The van der Waals surface area contributed by atoms with Crippen LogP contribution in [0.4, 0.5) is 0 Å². The summed E-state index contributed by atoms with van der Waals surface area (Å²) < 4.78 is 5.15. The molecule has 4 nitrogen and oxygen atoms in total. The predicted molar refractivity (Wildman–Crippen MR) is 82.4 cm³/mol. The van der Waals surface area contributed by atoms with Crippen molar-refractivity contribution in [2.75, 3.05) is 26.7 Å². The Morgan fingerprint density at radius 1 is 1.33 bits per heavy atom. The van der Waals surface area contributed by atoms with Gasteiger partial charge in [-0.15, -0.1) is 0 Å². The number of likely N-dealkylation sites (tertiary alicyclic amines) is 1. The van der Waals surface area contributed by atoms with Crippen LogP contribution < -0.4 is 10.1 Å². The normalized spacial score (nSPS) is 24.7. The van der Waals surface area contributed by atoms with Gasteiger partial charge < -0.3 is 15.0 Å². The third kappa shape index (κ3) is 3.38. The molecule has 0 saturated carbocycles. The minimum Gasteiger partial charge on any atom is -0.497 e. The Morgan fingerprint density at radius 3 is 2.90 bits per heavy atom. The molecule has 2 saturated heterocycles. The van der Waals surface area contributed by atoms with Gasteiger partial charge in [0, 0.05) is 25.6 Å². The molecule has 2 atom stereocenters. The van der Waals surface area contributed by atoms with E-state index in [-0.39, 0.29) is 0 Å². The van der Waals surface area contributed by atoms with E-state index in [0.717, 1.165) is 38.2 Å². The average Bonchev–Trinajstić information content (AvgIpc) is 3.00. The van der Waals surface area contributed by atoms with E-state index in [2.05, 4.69) is 10.2 Å². The molecule has 0 spiro atoms. The first kappa shape index (κ1) is 14.4. The topological polar surface area (TPSA) is 41.6 Å². The zero-order valence-electron chi connectivity index (χ0n) is 12.7. The highest BCUT2D eigenvalue weighted by atomic mass is 16.5. The molecule has 2 aliphatic rings. The van der Waals surface area contributed by atoms with E-state index in [1.807, 2.05) is 24.3 Å². The Hall–Kier alpha value is -1.55. The summed E-state index contributed by atoms with van der Waals surface area (Å²) in [6, 6.07) is 8.64. The third-order valence-corrected chi connectivity index (χ3v) is 4.79. The van der Waals surface area contributed by atoms with E-state index in [0.29, 0.717) is 24.3 Å². The summed E-state index contributed by atoms with van der Waals surface area (Å²) in [4.78, 5) is 14.4. The van der Waals surface area contributed by atoms with Gasteiger partial charge >= 0.3 is 0 Å². The van der Waals surface area contributed by atoms with Crippen LogP contribution in [-0.4, -0.2) is 43.6 Å². The molecule has 3 rings (SSSR count). The molecule has 2 fully saturated rings. The minimum atomic E-state index is 0.302. The van der Waals surface area contributed by atoms with Crippen molar-refractivity contribution in [2.45, 2.75) is 31.7 Å². The number of aryl methyl sites for hydroxylation is 1. The maximum atomic E-state index is 12.4. The van der Waals surface area contributed by atoms with Gasteiger partial charge in [0.25, 0.3) is 0 Å². The van der Waals surface area contributed by atoms with Crippen LogP contribution in [0.3, 0.4) is 0 Å². The molecule has 0 radical (unpaired) electrons. The number of amides is 1. The number of rotatable bonds is 4. The SMILES string of the molecule is COc1ccc(CCC(=O)N2CCC3NCCC3C2)cc1. The second-order valence-electron chi connectivity index (χ2n) is 6.09. The summed E-state index contributed by atoms with van der Waals surface area (Å²) in [5.41, 5.74) is 1.20. The molecule has 1 aromatic rings. The van der Waals surface area contributed by atoms with Crippen molar-refractivity contribution in [3.8, 4) is 5.75 Å². The van der Waals surface area contributed by atoms with Crippen molar-refractivity contribution < 1.29 is 9.53 Å². The van der Waals surface area contributed by atoms with Crippen molar-refractivity contribution in [1.29, 1.82) is 0 Å². The lowest BCUT2D eigenvalue weighted by molar-refractivity contribution is -0.133. The molecule has 1 N–H and O–H groups in total. The number of piperidine rings is 1. The number of nitrogens with zero attached hydrogens (tertiary/aromatic N) is 1. The average molecular weight is 288 g/mol. The monoisotopic (exact) mass is 288 g/mol. The van der Waals surface area contributed by atoms with Crippen LogP contribution in [0.15, 0.2) is 24.3 Å². The Bertz CT molecular complexity index is 486. The van der Waals surface area contributed by atoms with Crippen LogP contribution in [-0.2, 0) is 11.2 Å². The molecular formula is C17H24N2O2. The maximum Gasteiger partial charge on any atom is 0.222 e. The molecule has 0 bridgehead atoms. The van der Waals surface area contributed by atoms with E-state index in [1.165, 1.54) is 12.0 Å². The van der Waals surface area contributed by atoms with Gasteiger partial charge in [-0.2, -0.15) is 0 Å². The zero-order valence-corrected chi connectivity index (χ0v) is 12.7. The summed E-state index contributed by atoms with van der Waals surface area (Å²) in [6.07, 6.45) is 3.74. The van der Waals surface area contributed by atoms with E-state index >= 15 is 0 Å². The van der Waals surface area contributed by atoms with Gasteiger partial charge in [0.1, 0.15) is 5.75 Å². The Labute approximate surface area is 126 Å². The maximum absolute atomic E-state index is 12.4. The van der Waals surface area contributed by atoms with Crippen LogP contribution in [0.25, 0.3) is 0 Å². The van der Waals surface area contributed by atoms with E-state index in [9.17, 15) is 4.79 Å². The quantitative estimate of drug-likeness (QED) is 0.919. The number of hydrogen-bond acceptors (Lipinski definition) is 3. The van der Waals surface area contributed by atoms with Crippen LogP contribution >= 0.6 is 0 Å². The van der Waals surface area contributed by atoms with Crippen molar-refractivity contribution in [1.82, 2.24) is 10.2 Å².